The molecule has 0 atom stereocenters. The molecule has 0 unspecified atom stereocenters. The van der Waals surface area contributed by atoms with Crippen LogP contribution in [0.15, 0.2) is 30.6 Å². The molecular weight excluding hydrogens is 326 g/mol. The standard InChI is InChI=1S/C20H25N5O/c21-13-18-17(15-25-8-2-1-5-19(18)25)14-22-9-11-23(12-10-22)16-20(26)24-6-3-4-7-24/h1-2,5,8,15H,3-4,6-7,9-12,14,16H2. The summed E-state index contributed by atoms with van der Waals surface area (Å²) >= 11 is 0. The fraction of sp³-hybridized carbons (Fsp3) is 0.500. The van der Waals surface area contributed by atoms with Gasteiger partial charge in [-0.2, -0.15) is 5.26 Å². The van der Waals surface area contributed by atoms with E-state index in [-0.39, 0.29) is 5.91 Å². The molecule has 6 nitrogen and oxygen atoms in total. The van der Waals surface area contributed by atoms with Gasteiger partial charge < -0.3 is 9.30 Å². The maximum Gasteiger partial charge on any atom is 0.236 e. The van der Waals surface area contributed by atoms with E-state index in [4.69, 9.17) is 0 Å². The molecule has 4 rings (SSSR count). The average Bonchev–Trinajstić information content (AvgIpc) is 3.30. The Morgan fingerprint density at radius 3 is 2.50 bits per heavy atom. The van der Waals surface area contributed by atoms with Crippen LogP contribution in [0.3, 0.4) is 0 Å². The maximum absolute atomic E-state index is 12.3. The van der Waals surface area contributed by atoms with E-state index in [0.717, 1.165) is 75.3 Å². The van der Waals surface area contributed by atoms with Crippen molar-refractivity contribution in [1.29, 1.82) is 5.26 Å². The summed E-state index contributed by atoms with van der Waals surface area (Å²) in [6.45, 7) is 6.89. The zero-order valence-electron chi connectivity index (χ0n) is 15.1. The topological polar surface area (TPSA) is 55.0 Å². The number of amides is 1. The van der Waals surface area contributed by atoms with Crippen LogP contribution in [0.1, 0.15) is 24.0 Å². The smallest absolute Gasteiger partial charge is 0.236 e. The summed E-state index contributed by atoms with van der Waals surface area (Å²) in [5.41, 5.74) is 2.83. The Morgan fingerprint density at radius 2 is 1.77 bits per heavy atom. The minimum absolute atomic E-state index is 0.279. The minimum Gasteiger partial charge on any atom is -0.342 e. The van der Waals surface area contributed by atoms with E-state index < -0.39 is 0 Å². The predicted octanol–water partition coefficient (Wildman–Crippen LogP) is 1.55. The Hall–Kier alpha value is -2.36. The van der Waals surface area contributed by atoms with E-state index in [1.807, 2.05) is 33.7 Å². The van der Waals surface area contributed by atoms with Gasteiger partial charge in [0.25, 0.3) is 0 Å². The van der Waals surface area contributed by atoms with Crippen LogP contribution in [0, 0.1) is 11.3 Å². The number of rotatable bonds is 4. The van der Waals surface area contributed by atoms with Gasteiger partial charge in [0, 0.05) is 63.8 Å². The normalized spacial score (nSPS) is 19.1. The van der Waals surface area contributed by atoms with Crippen LogP contribution in [0.5, 0.6) is 0 Å². The third kappa shape index (κ3) is 3.46. The second kappa shape index (κ2) is 7.48. The number of hydrogen-bond donors (Lipinski definition) is 0. The number of nitrogens with zero attached hydrogens (tertiary/aromatic N) is 5. The van der Waals surface area contributed by atoms with Crippen molar-refractivity contribution in [2.75, 3.05) is 45.8 Å². The third-order valence-corrected chi connectivity index (χ3v) is 5.55. The lowest BCUT2D eigenvalue weighted by molar-refractivity contribution is -0.131. The molecular formula is C20H25N5O. The largest absolute Gasteiger partial charge is 0.342 e. The lowest BCUT2D eigenvalue weighted by atomic mass is 10.1. The fourth-order valence-electron chi connectivity index (χ4n) is 4.03. The molecule has 0 aliphatic carbocycles. The molecule has 2 saturated heterocycles. The van der Waals surface area contributed by atoms with Crippen LogP contribution >= 0.6 is 0 Å². The number of carbonyl (C=O) groups is 1. The first-order chi connectivity index (χ1) is 12.7. The Bertz CT molecular complexity index is 822. The Labute approximate surface area is 154 Å². The van der Waals surface area contributed by atoms with Crippen molar-refractivity contribution in [3.05, 3.63) is 41.7 Å². The minimum atomic E-state index is 0.279. The quantitative estimate of drug-likeness (QED) is 0.839. The van der Waals surface area contributed by atoms with Crippen molar-refractivity contribution < 1.29 is 4.79 Å². The van der Waals surface area contributed by atoms with Gasteiger partial charge in [-0.15, -0.1) is 0 Å². The van der Waals surface area contributed by atoms with E-state index in [9.17, 15) is 10.1 Å². The molecule has 0 spiro atoms. The lowest BCUT2D eigenvalue weighted by Crippen LogP contribution is -2.49. The van der Waals surface area contributed by atoms with E-state index in [1.54, 1.807) is 0 Å². The van der Waals surface area contributed by atoms with Gasteiger partial charge in [-0.05, 0) is 25.0 Å². The summed E-state index contributed by atoms with van der Waals surface area (Å²) in [5.74, 6) is 0.279. The van der Waals surface area contributed by atoms with Gasteiger partial charge in [0.1, 0.15) is 6.07 Å². The van der Waals surface area contributed by atoms with Crippen LogP contribution in [0.4, 0.5) is 0 Å². The molecule has 0 saturated carbocycles. The highest BCUT2D eigenvalue weighted by Gasteiger charge is 2.24. The summed E-state index contributed by atoms with van der Waals surface area (Å²) in [5, 5.41) is 9.55. The van der Waals surface area contributed by atoms with Gasteiger partial charge in [-0.1, -0.05) is 6.07 Å². The Morgan fingerprint density at radius 1 is 1.04 bits per heavy atom. The number of hydrogen-bond acceptors (Lipinski definition) is 4. The van der Waals surface area contributed by atoms with Crippen LogP contribution in [0.25, 0.3) is 5.52 Å². The van der Waals surface area contributed by atoms with Crippen LogP contribution < -0.4 is 0 Å². The summed E-state index contributed by atoms with van der Waals surface area (Å²) in [6.07, 6.45) is 6.35. The van der Waals surface area contributed by atoms with Gasteiger partial charge >= 0.3 is 0 Å². The zero-order chi connectivity index (χ0) is 17.9. The van der Waals surface area contributed by atoms with Crippen LogP contribution in [-0.2, 0) is 11.3 Å². The first-order valence-corrected chi connectivity index (χ1v) is 9.46. The maximum atomic E-state index is 12.3. The van der Waals surface area contributed by atoms with E-state index >= 15 is 0 Å². The second-order valence-electron chi connectivity index (χ2n) is 7.27. The van der Waals surface area contributed by atoms with E-state index in [1.165, 1.54) is 0 Å². The number of likely N-dealkylation sites (tertiary alicyclic amines) is 1. The molecule has 0 aromatic carbocycles. The molecule has 0 radical (unpaired) electrons. The summed E-state index contributed by atoms with van der Waals surface area (Å²) in [6, 6.07) is 8.30. The molecule has 2 aromatic rings. The zero-order valence-corrected chi connectivity index (χ0v) is 15.1. The van der Waals surface area contributed by atoms with Crippen molar-refractivity contribution >= 4 is 11.4 Å². The number of pyridine rings is 1. The van der Waals surface area contributed by atoms with Crippen molar-refractivity contribution in [3.8, 4) is 6.07 Å². The highest BCUT2D eigenvalue weighted by atomic mass is 16.2. The van der Waals surface area contributed by atoms with E-state index in [2.05, 4.69) is 22.1 Å². The Kier molecular flexibility index (Phi) is 4.91. The number of fused-ring (bicyclic) bond motifs is 1. The van der Waals surface area contributed by atoms with Gasteiger partial charge in [-0.25, -0.2) is 0 Å². The predicted molar refractivity (Wildman–Crippen MR) is 99.6 cm³/mol. The van der Waals surface area contributed by atoms with Crippen molar-refractivity contribution in [3.63, 3.8) is 0 Å². The van der Waals surface area contributed by atoms with Gasteiger partial charge in [0.2, 0.25) is 5.91 Å². The first kappa shape index (κ1) is 17.1. The average molecular weight is 351 g/mol. The molecule has 4 heterocycles. The molecule has 0 bridgehead atoms. The van der Waals surface area contributed by atoms with Gasteiger partial charge in [0.15, 0.2) is 0 Å². The number of carbonyl (C=O) groups excluding carboxylic acids is 1. The second-order valence-corrected chi connectivity index (χ2v) is 7.27. The van der Waals surface area contributed by atoms with Crippen molar-refractivity contribution in [2.24, 2.45) is 0 Å². The monoisotopic (exact) mass is 351 g/mol. The van der Waals surface area contributed by atoms with Gasteiger partial charge in [-0.3, -0.25) is 14.6 Å². The highest BCUT2D eigenvalue weighted by molar-refractivity contribution is 5.78. The number of nitriles is 1. The molecule has 2 aliphatic heterocycles. The van der Waals surface area contributed by atoms with Crippen LogP contribution in [0.2, 0.25) is 0 Å². The molecule has 6 heteroatoms. The molecule has 26 heavy (non-hydrogen) atoms. The van der Waals surface area contributed by atoms with Crippen LogP contribution in [-0.4, -0.2) is 70.8 Å². The van der Waals surface area contributed by atoms with Crippen molar-refractivity contribution in [1.82, 2.24) is 19.1 Å². The summed E-state index contributed by atoms with van der Waals surface area (Å²) in [7, 11) is 0. The summed E-state index contributed by atoms with van der Waals surface area (Å²) in [4.78, 5) is 18.9. The molecule has 2 aliphatic rings. The van der Waals surface area contributed by atoms with Gasteiger partial charge in [0.05, 0.1) is 17.6 Å². The lowest BCUT2D eigenvalue weighted by Gasteiger charge is -2.34. The number of piperazine rings is 1. The summed E-state index contributed by atoms with van der Waals surface area (Å²) < 4.78 is 2.03. The Balaban J connectivity index is 1.34. The number of aromatic nitrogens is 1. The molecule has 136 valence electrons. The molecule has 2 fully saturated rings. The fourth-order valence-corrected chi connectivity index (χ4v) is 4.03. The SMILES string of the molecule is N#Cc1c(CN2CCN(CC(=O)N3CCCC3)CC2)cn2ccccc12. The molecule has 0 N–H and O–H groups in total. The molecule has 1 amide bonds. The first-order valence-electron chi connectivity index (χ1n) is 9.46. The molecule has 2 aromatic heterocycles. The third-order valence-electron chi connectivity index (χ3n) is 5.55. The highest BCUT2D eigenvalue weighted by Crippen LogP contribution is 2.20. The van der Waals surface area contributed by atoms with E-state index in [0.29, 0.717) is 6.54 Å². The van der Waals surface area contributed by atoms with Crippen molar-refractivity contribution in [2.45, 2.75) is 19.4 Å².